The fourth-order valence-corrected chi connectivity index (χ4v) is 6.25. The second-order valence-electron chi connectivity index (χ2n) is 9.85. The number of rotatable bonds is 3. The molecule has 5 heteroatoms. The van der Waals surface area contributed by atoms with Crippen LogP contribution in [-0.4, -0.2) is 35.3 Å². The minimum absolute atomic E-state index is 0.293. The maximum atomic E-state index is 13.0. The summed E-state index contributed by atoms with van der Waals surface area (Å²) < 4.78 is 18.8. The van der Waals surface area contributed by atoms with Crippen molar-refractivity contribution in [2.75, 3.05) is 0 Å². The topological polar surface area (TPSA) is 61.8 Å². The van der Waals surface area contributed by atoms with Crippen LogP contribution in [0.15, 0.2) is 30.3 Å². The average molecular weight is 401 g/mol. The van der Waals surface area contributed by atoms with Gasteiger partial charge in [0.2, 0.25) is 0 Å². The molecule has 0 radical (unpaired) electrons. The average Bonchev–Trinajstić information content (AvgIpc) is 2.90. The summed E-state index contributed by atoms with van der Waals surface area (Å²) in [6, 6.07) is 9.09. The molecule has 1 saturated heterocycles. The maximum absolute atomic E-state index is 13.0. The van der Waals surface area contributed by atoms with Gasteiger partial charge < -0.3 is 14.2 Å². The van der Waals surface area contributed by atoms with E-state index in [2.05, 4.69) is 27.7 Å². The Hall–Kier alpha value is -1.88. The number of carbonyl (C=O) groups excluding carboxylic acids is 2. The first-order valence-corrected chi connectivity index (χ1v) is 10.7. The maximum Gasteiger partial charge on any atom is 0.338 e. The van der Waals surface area contributed by atoms with Crippen molar-refractivity contribution in [3.05, 3.63) is 35.9 Å². The molecule has 1 aromatic rings. The predicted molar refractivity (Wildman–Crippen MR) is 108 cm³/mol. The highest BCUT2D eigenvalue weighted by Gasteiger charge is 2.73. The minimum atomic E-state index is -0.592. The molecule has 1 aliphatic heterocycles. The molecule has 2 saturated carbocycles. The molecule has 1 heterocycles. The lowest BCUT2D eigenvalue weighted by Gasteiger charge is -2.60. The largest absolute Gasteiger partial charge is 0.462 e. The summed E-state index contributed by atoms with van der Waals surface area (Å²) in [6.45, 7) is 10.1. The van der Waals surface area contributed by atoms with Crippen molar-refractivity contribution < 1.29 is 23.8 Å². The fourth-order valence-electron chi connectivity index (χ4n) is 6.25. The molecule has 4 rings (SSSR count). The van der Waals surface area contributed by atoms with Crippen LogP contribution in [0.5, 0.6) is 0 Å². The van der Waals surface area contributed by atoms with Crippen molar-refractivity contribution in [1.82, 2.24) is 0 Å². The summed E-state index contributed by atoms with van der Waals surface area (Å²) in [5.41, 5.74) is -0.831. The molecular weight excluding hydrogens is 368 g/mol. The second kappa shape index (κ2) is 6.83. The van der Waals surface area contributed by atoms with E-state index in [1.165, 1.54) is 6.92 Å². The van der Waals surface area contributed by atoms with Crippen LogP contribution in [0, 0.1) is 17.3 Å². The molecule has 3 aliphatic rings. The highest BCUT2D eigenvalue weighted by atomic mass is 16.6. The number of fused-ring (bicyclic) bond motifs is 1. The molecule has 1 spiro atoms. The van der Waals surface area contributed by atoms with Gasteiger partial charge in [0.25, 0.3) is 0 Å². The van der Waals surface area contributed by atoms with E-state index in [0.29, 0.717) is 23.8 Å². The standard InChI is InChI=1S/C24H32O5/c1-15-11-12-19(27-16(2)25)23(5)20(28-21(26)17-9-7-6-8-10-17)13-18-14-24(15,23)29-22(18,3)4/h6-10,15,18-20H,11-14H2,1-5H3. The Morgan fingerprint density at radius 1 is 1.03 bits per heavy atom. The Bertz CT molecular complexity index is 803. The fraction of sp³-hybridized carbons (Fsp3) is 0.667. The molecule has 0 aromatic heterocycles. The highest BCUT2D eigenvalue weighted by Crippen LogP contribution is 2.66. The molecule has 2 aliphatic carbocycles. The third-order valence-corrected chi connectivity index (χ3v) is 7.95. The Balaban J connectivity index is 1.75. The summed E-state index contributed by atoms with van der Waals surface area (Å²) in [5.74, 6) is -0.0381. The zero-order chi connectivity index (χ0) is 21.0. The quantitative estimate of drug-likeness (QED) is 0.697. The zero-order valence-electron chi connectivity index (χ0n) is 18.1. The molecular formula is C24H32O5. The molecule has 5 nitrogen and oxygen atoms in total. The minimum Gasteiger partial charge on any atom is -0.462 e. The summed E-state index contributed by atoms with van der Waals surface area (Å²) in [4.78, 5) is 24.9. The first kappa shape index (κ1) is 20.4. The van der Waals surface area contributed by atoms with E-state index in [4.69, 9.17) is 14.2 Å². The van der Waals surface area contributed by atoms with E-state index in [1.807, 2.05) is 18.2 Å². The molecule has 1 aromatic carbocycles. The number of hydrogen-bond donors (Lipinski definition) is 0. The van der Waals surface area contributed by atoms with Crippen molar-refractivity contribution in [3.63, 3.8) is 0 Å². The lowest BCUT2D eigenvalue weighted by molar-refractivity contribution is -0.258. The van der Waals surface area contributed by atoms with E-state index in [1.54, 1.807) is 12.1 Å². The van der Waals surface area contributed by atoms with Gasteiger partial charge in [0.15, 0.2) is 0 Å². The van der Waals surface area contributed by atoms with Gasteiger partial charge in [0.1, 0.15) is 12.2 Å². The summed E-state index contributed by atoms with van der Waals surface area (Å²) in [6.07, 6.45) is 2.61. The van der Waals surface area contributed by atoms with Crippen molar-refractivity contribution in [2.24, 2.45) is 17.3 Å². The number of hydrogen-bond acceptors (Lipinski definition) is 5. The van der Waals surface area contributed by atoms with E-state index in [-0.39, 0.29) is 29.7 Å². The Kier molecular flexibility index (Phi) is 4.80. The van der Waals surface area contributed by atoms with Gasteiger partial charge in [0.05, 0.1) is 22.2 Å². The van der Waals surface area contributed by atoms with Gasteiger partial charge in [0, 0.05) is 6.92 Å². The van der Waals surface area contributed by atoms with Crippen LogP contribution in [-0.2, 0) is 19.0 Å². The van der Waals surface area contributed by atoms with Crippen molar-refractivity contribution in [2.45, 2.75) is 83.7 Å². The van der Waals surface area contributed by atoms with E-state index in [0.717, 1.165) is 19.3 Å². The normalized spacial score (nSPS) is 40.0. The third-order valence-electron chi connectivity index (χ3n) is 7.95. The van der Waals surface area contributed by atoms with Gasteiger partial charge in [-0.3, -0.25) is 4.79 Å². The van der Waals surface area contributed by atoms with Crippen molar-refractivity contribution >= 4 is 11.9 Å². The van der Waals surface area contributed by atoms with Crippen LogP contribution in [0.1, 0.15) is 70.7 Å². The van der Waals surface area contributed by atoms with Gasteiger partial charge in [-0.05, 0) is 70.4 Å². The molecule has 0 amide bonds. The first-order valence-electron chi connectivity index (χ1n) is 10.7. The van der Waals surface area contributed by atoms with E-state index >= 15 is 0 Å². The van der Waals surface area contributed by atoms with E-state index in [9.17, 15) is 9.59 Å². The van der Waals surface area contributed by atoms with Gasteiger partial charge >= 0.3 is 11.9 Å². The van der Waals surface area contributed by atoms with Crippen LogP contribution in [0.4, 0.5) is 0 Å². The van der Waals surface area contributed by atoms with Gasteiger partial charge in [-0.2, -0.15) is 0 Å². The van der Waals surface area contributed by atoms with Crippen molar-refractivity contribution in [1.29, 1.82) is 0 Å². The van der Waals surface area contributed by atoms with Crippen LogP contribution < -0.4 is 0 Å². The van der Waals surface area contributed by atoms with E-state index < -0.39 is 11.0 Å². The van der Waals surface area contributed by atoms with Crippen LogP contribution in [0.3, 0.4) is 0 Å². The first-order chi connectivity index (χ1) is 13.6. The number of benzene rings is 1. The molecule has 2 bridgehead atoms. The smallest absolute Gasteiger partial charge is 0.338 e. The number of carbonyl (C=O) groups is 2. The Morgan fingerprint density at radius 3 is 2.38 bits per heavy atom. The zero-order valence-corrected chi connectivity index (χ0v) is 18.1. The molecule has 3 fully saturated rings. The molecule has 6 unspecified atom stereocenters. The lowest BCUT2D eigenvalue weighted by atomic mass is 9.50. The van der Waals surface area contributed by atoms with Gasteiger partial charge in [-0.25, -0.2) is 4.79 Å². The summed E-state index contributed by atoms with van der Waals surface area (Å²) in [5, 5.41) is 0. The molecule has 158 valence electrons. The second-order valence-corrected chi connectivity index (χ2v) is 9.85. The third kappa shape index (κ3) is 3.00. The molecule has 0 N–H and O–H groups in total. The SMILES string of the molecule is CC(=O)OC1CCC(C)C23CC(CC(OC(=O)c4ccccc4)C12C)C(C)(C)O3. The number of esters is 2. The summed E-state index contributed by atoms with van der Waals surface area (Å²) >= 11 is 0. The van der Waals surface area contributed by atoms with Gasteiger partial charge in [-0.15, -0.1) is 0 Å². The lowest BCUT2D eigenvalue weighted by Crippen LogP contribution is -2.67. The Labute approximate surface area is 173 Å². The summed E-state index contributed by atoms with van der Waals surface area (Å²) in [7, 11) is 0. The van der Waals surface area contributed by atoms with Crippen LogP contribution in [0.2, 0.25) is 0 Å². The van der Waals surface area contributed by atoms with Gasteiger partial charge in [-0.1, -0.05) is 25.1 Å². The van der Waals surface area contributed by atoms with Crippen molar-refractivity contribution in [3.8, 4) is 0 Å². The number of ether oxygens (including phenoxy) is 3. The predicted octanol–water partition coefficient (Wildman–Crippen LogP) is 4.54. The highest BCUT2D eigenvalue weighted by molar-refractivity contribution is 5.89. The molecule has 29 heavy (non-hydrogen) atoms. The molecule has 6 atom stereocenters. The van der Waals surface area contributed by atoms with Crippen LogP contribution in [0.25, 0.3) is 0 Å². The Morgan fingerprint density at radius 2 is 1.72 bits per heavy atom. The monoisotopic (exact) mass is 400 g/mol. The van der Waals surface area contributed by atoms with Crippen LogP contribution >= 0.6 is 0 Å².